The van der Waals surface area contributed by atoms with Crippen molar-refractivity contribution in [3.8, 4) is 5.75 Å². The number of hydrogen-bond acceptors (Lipinski definition) is 6. The second-order valence-electron chi connectivity index (χ2n) is 6.55. The summed E-state index contributed by atoms with van der Waals surface area (Å²) in [6.45, 7) is 3.53. The molecule has 1 saturated heterocycles. The molecule has 0 bridgehead atoms. The number of benzene rings is 2. The van der Waals surface area contributed by atoms with Crippen LogP contribution in [0.5, 0.6) is 5.75 Å². The highest BCUT2D eigenvalue weighted by Gasteiger charge is 2.41. The van der Waals surface area contributed by atoms with Crippen molar-refractivity contribution in [2.45, 2.75) is 26.5 Å². The fourth-order valence-corrected chi connectivity index (χ4v) is 4.06. The first kappa shape index (κ1) is 23.2. The molecule has 1 heterocycles. The molecule has 9 heteroatoms. The van der Waals surface area contributed by atoms with E-state index in [-0.39, 0.29) is 18.1 Å². The van der Waals surface area contributed by atoms with Crippen LogP contribution < -0.4 is 4.74 Å². The maximum absolute atomic E-state index is 12.8. The summed E-state index contributed by atoms with van der Waals surface area (Å²) in [6, 6.07) is 11.3. The minimum Gasteiger partial charge on any atom is -0.488 e. The van der Waals surface area contributed by atoms with E-state index in [9.17, 15) is 14.4 Å². The number of amides is 2. The number of para-hydroxylation sites is 1. The van der Waals surface area contributed by atoms with Crippen molar-refractivity contribution in [2.75, 3.05) is 6.61 Å². The van der Waals surface area contributed by atoms with Gasteiger partial charge in [-0.2, -0.15) is 0 Å². The van der Waals surface area contributed by atoms with E-state index in [2.05, 4.69) is 0 Å². The molecule has 0 unspecified atom stereocenters. The maximum atomic E-state index is 12.8. The second-order valence-corrected chi connectivity index (χ2v) is 8.36. The molecule has 2 aromatic carbocycles. The quantitative estimate of drug-likeness (QED) is 0.382. The Morgan fingerprint density at radius 1 is 1.16 bits per heavy atom. The zero-order valence-electron chi connectivity index (χ0n) is 16.8. The highest BCUT2D eigenvalue weighted by molar-refractivity contribution is 8.18. The Morgan fingerprint density at radius 3 is 2.61 bits per heavy atom. The van der Waals surface area contributed by atoms with Gasteiger partial charge in [-0.15, -0.1) is 0 Å². The predicted octanol–water partition coefficient (Wildman–Crippen LogP) is 5.56. The summed E-state index contributed by atoms with van der Waals surface area (Å²) >= 11 is 12.8. The molecule has 0 N–H and O–H groups in total. The Labute approximate surface area is 194 Å². The van der Waals surface area contributed by atoms with Crippen LogP contribution >= 0.6 is 35.0 Å². The molecule has 2 amide bonds. The molecule has 0 radical (unpaired) electrons. The minimum absolute atomic E-state index is 0.165. The lowest BCUT2D eigenvalue weighted by Gasteiger charge is -2.19. The minimum atomic E-state index is -1.00. The monoisotopic (exact) mass is 479 g/mol. The molecule has 1 fully saturated rings. The molecule has 1 aliphatic heterocycles. The Kier molecular flexibility index (Phi) is 7.64. The first-order valence-corrected chi connectivity index (χ1v) is 11.0. The van der Waals surface area contributed by atoms with Gasteiger partial charge in [0.05, 0.1) is 21.6 Å². The topological polar surface area (TPSA) is 72.9 Å². The summed E-state index contributed by atoms with van der Waals surface area (Å²) in [5.41, 5.74) is 1.45. The van der Waals surface area contributed by atoms with Crippen molar-refractivity contribution in [2.24, 2.45) is 0 Å². The van der Waals surface area contributed by atoms with Crippen molar-refractivity contribution in [1.82, 2.24) is 4.90 Å². The van der Waals surface area contributed by atoms with Crippen LogP contribution in [0, 0.1) is 0 Å². The number of rotatable bonds is 7. The van der Waals surface area contributed by atoms with Gasteiger partial charge in [0.15, 0.2) is 0 Å². The summed E-state index contributed by atoms with van der Waals surface area (Å²) in [6.07, 6.45) is 1.58. The smallest absolute Gasteiger partial charge is 0.329 e. The van der Waals surface area contributed by atoms with Crippen molar-refractivity contribution < 1.29 is 23.9 Å². The lowest BCUT2D eigenvalue weighted by Crippen LogP contribution is -2.42. The first-order chi connectivity index (χ1) is 14.8. The van der Waals surface area contributed by atoms with Crippen molar-refractivity contribution in [1.29, 1.82) is 0 Å². The highest BCUT2D eigenvalue weighted by Crippen LogP contribution is 2.35. The lowest BCUT2D eigenvalue weighted by molar-refractivity contribution is -0.150. The molecule has 31 heavy (non-hydrogen) atoms. The van der Waals surface area contributed by atoms with Gasteiger partial charge in [0.25, 0.3) is 11.1 Å². The highest BCUT2D eigenvalue weighted by atomic mass is 35.5. The molecule has 162 valence electrons. The average molecular weight is 480 g/mol. The molecular weight excluding hydrogens is 461 g/mol. The Hall–Kier alpha value is -2.48. The fraction of sp³-hybridized carbons (Fsp3) is 0.227. The van der Waals surface area contributed by atoms with E-state index in [1.807, 2.05) is 0 Å². The van der Waals surface area contributed by atoms with E-state index < -0.39 is 23.2 Å². The normalized spacial score (nSPS) is 16.0. The predicted molar refractivity (Wildman–Crippen MR) is 121 cm³/mol. The summed E-state index contributed by atoms with van der Waals surface area (Å²) in [7, 11) is 0. The number of thioether (sulfide) groups is 1. The largest absolute Gasteiger partial charge is 0.488 e. The number of imide groups is 1. The van der Waals surface area contributed by atoms with Crippen LogP contribution in [0.2, 0.25) is 10.0 Å². The third-order valence-electron chi connectivity index (χ3n) is 4.42. The lowest BCUT2D eigenvalue weighted by atomic mass is 10.1. The molecule has 1 aliphatic rings. The standard InChI is InChI=1S/C22H19Cl2NO5S/c1-3-29-21(27)13(2)25-20(26)19(31-22(25)28)11-15-6-4-5-7-18(15)30-12-14-8-9-16(23)17(24)10-14/h4-11,13H,3,12H2,1-2H3/b19-11+/t13-/m1/s1. The SMILES string of the molecule is CCOC(=O)[C@@H](C)N1C(=O)S/C(=C/c2ccccc2OCc2ccc(Cl)c(Cl)c2)C1=O. The van der Waals surface area contributed by atoms with Crippen LogP contribution in [0.3, 0.4) is 0 Å². The average Bonchev–Trinajstić information content (AvgIpc) is 3.02. The Balaban J connectivity index is 1.79. The van der Waals surface area contributed by atoms with Crippen LogP contribution in [-0.2, 0) is 20.9 Å². The number of halogens is 2. The fourth-order valence-electron chi connectivity index (χ4n) is 2.84. The van der Waals surface area contributed by atoms with Gasteiger partial charge in [-0.25, -0.2) is 4.79 Å². The van der Waals surface area contributed by atoms with Crippen molar-refractivity contribution >= 4 is 58.2 Å². The number of hydrogen-bond donors (Lipinski definition) is 0. The van der Waals surface area contributed by atoms with Crippen LogP contribution in [0.1, 0.15) is 25.0 Å². The van der Waals surface area contributed by atoms with Gasteiger partial charge in [0.1, 0.15) is 18.4 Å². The molecule has 3 rings (SSSR count). The molecule has 2 aromatic rings. The molecule has 0 aromatic heterocycles. The summed E-state index contributed by atoms with van der Waals surface area (Å²) < 4.78 is 10.8. The van der Waals surface area contributed by atoms with E-state index in [1.54, 1.807) is 55.5 Å². The van der Waals surface area contributed by atoms with Gasteiger partial charge in [0, 0.05) is 5.56 Å². The van der Waals surface area contributed by atoms with Gasteiger partial charge >= 0.3 is 5.97 Å². The maximum Gasteiger partial charge on any atom is 0.329 e. The van der Waals surface area contributed by atoms with Gasteiger partial charge in [0.2, 0.25) is 0 Å². The Morgan fingerprint density at radius 2 is 1.90 bits per heavy atom. The van der Waals surface area contributed by atoms with E-state index in [0.717, 1.165) is 22.2 Å². The number of esters is 1. The van der Waals surface area contributed by atoms with Crippen LogP contribution in [0.15, 0.2) is 47.4 Å². The number of nitrogens with zero attached hydrogens (tertiary/aromatic N) is 1. The second kappa shape index (κ2) is 10.2. The zero-order valence-corrected chi connectivity index (χ0v) is 19.1. The van der Waals surface area contributed by atoms with E-state index >= 15 is 0 Å². The molecule has 0 spiro atoms. The third-order valence-corrected chi connectivity index (χ3v) is 6.05. The van der Waals surface area contributed by atoms with E-state index in [0.29, 0.717) is 21.4 Å². The first-order valence-electron chi connectivity index (χ1n) is 9.41. The van der Waals surface area contributed by atoms with Crippen LogP contribution in [0.4, 0.5) is 4.79 Å². The van der Waals surface area contributed by atoms with Gasteiger partial charge in [-0.05, 0) is 55.4 Å². The van der Waals surface area contributed by atoms with E-state index in [4.69, 9.17) is 32.7 Å². The molecule has 0 saturated carbocycles. The number of carbonyl (C=O) groups excluding carboxylic acids is 3. The van der Waals surface area contributed by atoms with E-state index in [1.165, 1.54) is 6.92 Å². The van der Waals surface area contributed by atoms with Crippen molar-refractivity contribution in [3.05, 3.63) is 68.5 Å². The number of carbonyl (C=O) groups is 3. The molecule has 0 aliphatic carbocycles. The van der Waals surface area contributed by atoms with Gasteiger partial charge in [-0.1, -0.05) is 47.5 Å². The van der Waals surface area contributed by atoms with Gasteiger partial charge < -0.3 is 9.47 Å². The summed E-state index contributed by atoms with van der Waals surface area (Å²) in [5.74, 6) is -0.648. The van der Waals surface area contributed by atoms with Crippen LogP contribution in [-0.4, -0.2) is 34.7 Å². The van der Waals surface area contributed by atoms with Crippen LogP contribution in [0.25, 0.3) is 6.08 Å². The molecular formula is C22H19Cl2NO5S. The van der Waals surface area contributed by atoms with Crippen molar-refractivity contribution in [3.63, 3.8) is 0 Å². The summed E-state index contributed by atoms with van der Waals surface area (Å²) in [4.78, 5) is 38.2. The Bertz CT molecular complexity index is 1060. The third kappa shape index (κ3) is 5.42. The molecule has 6 nitrogen and oxygen atoms in total. The number of ether oxygens (including phenoxy) is 2. The summed E-state index contributed by atoms with van der Waals surface area (Å²) in [5, 5.41) is 0.366. The molecule has 1 atom stereocenters. The zero-order chi connectivity index (χ0) is 22.5. The van der Waals surface area contributed by atoms with Gasteiger partial charge in [-0.3, -0.25) is 14.5 Å².